The predicted molar refractivity (Wildman–Crippen MR) is 88.6 cm³/mol. The third-order valence-electron chi connectivity index (χ3n) is 2.80. The van der Waals surface area contributed by atoms with Crippen LogP contribution in [0.2, 0.25) is 10.0 Å². The molecule has 0 aliphatic heterocycles. The minimum atomic E-state index is -0.406. The lowest BCUT2D eigenvalue weighted by Crippen LogP contribution is -2.23. The summed E-state index contributed by atoms with van der Waals surface area (Å²) in [6, 6.07) is 3.49. The van der Waals surface area contributed by atoms with E-state index < -0.39 is 12.1 Å². The highest BCUT2D eigenvalue weighted by Gasteiger charge is 2.12. The zero-order valence-corrected chi connectivity index (χ0v) is 13.1. The van der Waals surface area contributed by atoms with Crippen molar-refractivity contribution in [2.45, 2.75) is 6.42 Å². The molecule has 0 fully saturated rings. The Hall–Kier alpha value is -1.71. The van der Waals surface area contributed by atoms with Crippen molar-refractivity contribution in [3.05, 3.63) is 58.0 Å². The zero-order chi connectivity index (χ0) is 18.9. The molecule has 0 spiro atoms. The Morgan fingerprint density at radius 3 is 2.48 bits per heavy atom. The van der Waals surface area contributed by atoms with Gasteiger partial charge in [-0.2, -0.15) is 0 Å². The topological polar surface area (TPSA) is 32.3 Å². The minimum Gasteiger partial charge on any atom is -0.353 e. The van der Waals surface area contributed by atoms with Crippen LogP contribution in [0.25, 0.3) is 0 Å². The van der Waals surface area contributed by atoms with E-state index >= 15 is 0 Å². The van der Waals surface area contributed by atoms with Crippen LogP contribution in [0.5, 0.6) is 0 Å². The maximum absolute atomic E-state index is 12.1. The Kier molecular flexibility index (Phi) is 3.56. The highest BCUT2D eigenvalue weighted by molar-refractivity contribution is 6.39. The SMILES string of the molecule is [2H]c1c([2H])c([2H])c(Nc2c(Cl)cccc2Cl)c(CC(=O)N(C)C)c1[2H]. The number of hydrogen-bond acceptors (Lipinski definition) is 2. The number of rotatable bonds is 4. The lowest BCUT2D eigenvalue weighted by Gasteiger charge is -2.16. The molecule has 21 heavy (non-hydrogen) atoms. The molecule has 0 bridgehead atoms. The fourth-order valence-corrected chi connectivity index (χ4v) is 2.12. The molecule has 0 saturated heterocycles. The molecule has 0 radical (unpaired) electrons. The van der Waals surface area contributed by atoms with Crippen molar-refractivity contribution in [2.75, 3.05) is 19.4 Å². The van der Waals surface area contributed by atoms with Crippen molar-refractivity contribution < 1.29 is 10.3 Å². The summed E-state index contributed by atoms with van der Waals surface area (Å²) in [4.78, 5) is 13.5. The number of carbonyl (C=O) groups is 1. The molecule has 2 aromatic rings. The van der Waals surface area contributed by atoms with Gasteiger partial charge < -0.3 is 10.2 Å². The van der Waals surface area contributed by atoms with E-state index in [9.17, 15) is 4.79 Å². The molecule has 0 atom stereocenters. The molecular weight excluding hydrogens is 307 g/mol. The molecule has 0 aromatic heterocycles. The Morgan fingerprint density at radius 2 is 1.86 bits per heavy atom. The molecule has 3 nitrogen and oxygen atoms in total. The van der Waals surface area contributed by atoms with Gasteiger partial charge in [0.1, 0.15) is 0 Å². The first-order chi connectivity index (χ1) is 11.6. The van der Waals surface area contributed by atoms with Gasteiger partial charge in [0.05, 0.1) is 27.6 Å². The Labute approximate surface area is 140 Å². The largest absolute Gasteiger partial charge is 0.353 e. The van der Waals surface area contributed by atoms with Crippen molar-refractivity contribution in [3.8, 4) is 0 Å². The third-order valence-corrected chi connectivity index (χ3v) is 3.43. The zero-order valence-electron chi connectivity index (χ0n) is 15.6. The second-order valence-electron chi connectivity index (χ2n) is 4.54. The first-order valence-corrected chi connectivity index (χ1v) is 6.91. The molecule has 0 saturated carbocycles. The van der Waals surface area contributed by atoms with Crippen LogP contribution in [0.4, 0.5) is 11.4 Å². The van der Waals surface area contributed by atoms with Gasteiger partial charge in [0, 0.05) is 19.8 Å². The van der Waals surface area contributed by atoms with Crippen LogP contribution in [0.15, 0.2) is 42.4 Å². The minimum absolute atomic E-state index is 0.0798. The number of nitrogens with one attached hydrogen (secondary N) is 1. The van der Waals surface area contributed by atoms with Crippen molar-refractivity contribution >= 4 is 40.5 Å². The molecule has 1 N–H and O–H groups in total. The fourth-order valence-electron chi connectivity index (χ4n) is 1.63. The van der Waals surface area contributed by atoms with Gasteiger partial charge in [0.15, 0.2) is 0 Å². The van der Waals surface area contributed by atoms with E-state index in [-0.39, 0.29) is 35.7 Å². The number of likely N-dealkylation sites (N-methyl/N-ethyl adjacent to an activating group) is 1. The van der Waals surface area contributed by atoms with E-state index in [2.05, 4.69) is 5.32 Å². The molecule has 2 rings (SSSR count). The molecule has 0 heterocycles. The fraction of sp³-hybridized carbons (Fsp3) is 0.188. The van der Waals surface area contributed by atoms with Crippen LogP contribution in [0.1, 0.15) is 11.0 Å². The number of nitrogens with zero attached hydrogens (tertiary/aromatic N) is 1. The smallest absolute Gasteiger partial charge is 0.226 e. The summed E-state index contributed by atoms with van der Waals surface area (Å²) in [5.41, 5.74) is 0.548. The lowest BCUT2D eigenvalue weighted by molar-refractivity contribution is -0.127. The van der Waals surface area contributed by atoms with Gasteiger partial charge in [-0.05, 0) is 23.7 Å². The van der Waals surface area contributed by atoms with Crippen LogP contribution in [-0.4, -0.2) is 24.9 Å². The highest BCUT2D eigenvalue weighted by atomic mass is 35.5. The Balaban J connectivity index is 2.64. The Morgan fingerprint density at radius 1 is 1.24 bits per heavy atom. The first kappa shape index (κ1) is 10.9. The average Bonchev–Trinajstić information content (AvgIpc) is 2.56. The van der Waals surface area contributed by atoms with Gasteiger partial charge in [-0.25, -0.2) is 0 Å². The summed E-state index contributed by atoms with van der Waals surface area (Å²) in [5.74, 6) is -0.293. The maximum atomic E-state index is 12.1. The number of para-hydroxylation sites is 2. The number of benzene rings is 2. The number of amides is 1. The summed E-state index contributed by atoms with van der Waals surface area (Å²) >= 11 is 12.3. The second kappa shape index (κ2) is 6.83. The lowest BCUT2D eigenvalue weighted by atomic mass is 10.1. The number of anilines is 2. The summed E-state index contributed by atoms with van der Waals surface area (Å²) in [6.07, 6.45) is -0.186. The van der Waals surface area contributed by atoms with Gasteiger partial charge in [-0.1, -0.05) is 47.4 Å². The van der Waals surface area contributed by atoms with Gasteiger partial charge in [-0.15, -0.1) is 0 Å². The summed E-state index contributed by atoms with van der Waals surface area (Å²) < 4.78 is 32.0. The molecule has 0 aliphatic carbocycles. The molecule has 1 amide bonds. The monoisotopic (exact) mass is 326 g/mol. The van der Waals surface area contributed by atoms with Gasteiger partial charge in [-0.3, -0.25) is 4.79 Å². The van der Waals surface area contributed by atoms with Crippen LogP contribution < -0.4 is 5.32 Å². The summed E-state index contributed by atoms with van der Waals surface area (Å²) in [5, 5.41) is 3.48. The highest BCUT2D eigenvalue weighted by Crippen LogP contribution is 2.33. The average molecular weight is 327 g/mol. The summed E-state index contributed by atoms with van der Waals surface area (Å²) in [6.45, 7) is 0. The van der Waals surface area contributed by atoms with Crippen LogP contribution >= 0.6 is 23.2 Å². The van der Waals surface area contributed by atoms with E-state index in [1.807, 2.05) is 0 Å². The predicted octanol–water partition coefficient (Wildman–Crippen LogP) is 4.37. The molecular formula is C16H16Cl2N2O. The molecule has 110 valence electrons. The molecule has 2 aromatic carbocycles. The van der Waals surface area contributed by atoms with E-state index in [1.54, 1.807) is 32.3 Å². The number of hydrogen-bond donors (Lipinski definition) is 1. The Bertz CT molecular complexity index is 823. The second-order valence-corrected chi connectivity index (χ2v) is 5.35. The van der Waals surface area contributed by atoms with E-state index in [0.29, 0.717) is 15.7 Å². The third kappa shape index (κ3) is 3.90. The van der Waals surface area contributed by atoms with E-state index in [1.165, 1.54) is 4.90 Å². The summed E-state index contributed by atoms with van der Waals surface area (Å²) in [7, 11) is 3.15. The van der Waals surface area contributed by atoms with Crippen molar-refractivity contribution in [1.29, 1.82) is 0 Å². The first-order valence-electron chi connectivity index (χ1n) is 8.15. The van der Waals surface area contributed by atoms with Crippen molar-refractivity contribution in [1.82, 2.24) is 4.90 Å². The van der Waals surface area contributed by atoms with Gasteiger partial charge >= 0.3 is 0 Å². The van der Waals surface area contributed by atoms with Gasteiger partial charge in [0.25, 0.3) is 0 Å². The van der Waals surface area contributed by atoms with Crippen molar-refractivity contribution in [3.63, 3.8) is 0 Å². The quantitative estimate of drug-likeness (QED) is 0.904. The van der Waals surface area contributed by atoms with Crippen molar-refractivity contribution in [2.24, 2.45) is 0 Å². The molecule has 0 unspecified atom stereocenters. The number of carbonyl (C=O) groups excluding carboxylic acids is 1. The van der Waals surface area contributed by atoms with Gasteiger partial charge in [0.2, 0.25) is 5.91 Å². The normalized spacial score (nSPS) is 13.0. The molecule has 0 aliphatic rings. The van der Waals surface area contributed by atoms with E-state index in [4.69, 9.17) is 28.7 Å². The maximum Gasteiger partial charge on any atom is 0.226 e. The standard InChI is InChI=1S/C16H16Cl2N2O/c1-20(2)15(21)10-11-6-3-4-9-14(11)19-16-12(17)7-5-8-13(16)18/h3-9,19H,10H2,1-2H3/i3D,4D,6D,9D. The van der Waals surface area contributed by atoms with Crippen LogP contribution in [0, 0.1) is 0 Å². The van der Waals surface area contributed by atoms with Crippen LogP contribution in [0.3, 0.4) is 0 Å². The van der Waals surface area contributed by atoms with Crippen LogP contribution in [-0.2, 0) is 11.2 Å². The molecule has 5 heteroatoms. The van der Waals surface area contributed by atoms with E-state index in [0.717, 1.165) is 0 Å². The number of halogens is 2.